The summed E-state index contributed by atoms with van der Waals surface area (Å²) in [6, 6.07) is 22.1. The lowest BCUT2D eigenvalue weighted by molar-refractivity contribution is 0.462. The summed E-state index contributed by atoms with van der Waals surface area (Å²) in [5.41, 5.74) is 9.16. The molecule has 35 heavy (non-hydrogen) atoms. The zero-order chi connectivity index (χ0) is 24.9. The highest BCUT2D eigenvalue weighted by atomic mass is 32.2. The number of aromatic nitrogens is 1. The first kappa shape index (κ1) is 26.1. The SMILES string of the molecule is CC#N.NC(=Nc1ccc(SNCc2ccccc2)cc1)c1c(NC2CCCCC2)cc[nH]c1=O. The van der Waals surface area contributed by atoms with E-state index >= 15 is 0 Å². The van der Waals surface area contributed by atoms with Crippen LogP contribution < -0.4 is 21.3 Å². The maximum Gasteiger partial charge on any atom is 0.261 e. The van der Waals surface area contributed by atoms with Crippen molar-refractivity contribution in [2.75, 3.05) is 5.32 Å². The molecule has 0 atom stereocenters. The second kappa shape index (κ2) is 14.0. The predicted molar refractivity (Wildman–Crippen MR) is 145 cm³/mol. The summed E-state index contributed by atoms with van der Waals surface area (Å²) in [4.78, 5) is 20.9. The maximum atomic E-state index is 12.5. The van der Waals surface area contributed by atoms with Gasteiger partial charge in [-0.25, -0.2) is 4.99 Å². The number of aliphatic imine (C=N–C) groups is 1. The monoisotopic (exact) mass is 488 g/mol. The minimum absolute atomic E-state index is 0.216. The fourth-order valence-corrected chi connectivity index (χ4v) is 4.58. The van der Waals surface area contributed by atoms with Crippen molar-refractivity contribution in [3.63, 3.8) is 0 Å². The van der Waals surface area contributed by atoms with E-state index in [2.05, 4.69) is 32.1 Å². The number of nitrogens with two attached hydrogens (primary N) is 1. The Labute approximate surface area is 211 Å². The molecule has 0 bridgehead atoms. The smallest absolute Gasteiger partial charge is 0.261 e. The Kier molecular flexibility index (Phi) is 10.4. The Morgan fingerprint density at radius 1 is 1.11 bits per heavy atom. The fourth-order valence-electron chi connectivity index (χ4n) is 3.90. The van der Waals surface area contributed by atoms with Gasteiger partial charge in [0.2, 0.25) is 0 Å². The van der Waals surface area contributed by atoms with E-state index in [1.54, 1.807) is 24.2 Å². The average molecular weight is 489 g/mol. The van der Waals surface area contributed by atoms with Crippen LogP contribution in [-0.2, 0) is 6.54 Å². The fraction of sp³-hybridized carbons (Fsp3) is 0.296. The number of rotatable bonds is 8. The van der Waals surface area contributed by atoms with Crippen LogP contribution in [0.2, 0.25) is 0 Å². The molecule has 3 aromatic rings. The third kappa shape index (κ3) is 8.32. The number of hydrogen-bond donors (Lipinski definition) is 4. The van der Waals surface area contributed by atoms with E-state index in [9.17, 15) is 4.79 Å². The molecule has 1 aromatic heterocycles. The van der Waals surface area contributed by atoms with E-state index in [0.717, 1.165) is 30.0 Å². The Morgan fingerprint density at radius 3 is 2.49 bits per heavy atom. The van der Waals surface area contributed by atoms with Gasteiger partial charge >= 0.3 is 0 Å². The highest BCUT2D eigenvalue weighted by Crippen LogP contribution is 2.24. The molecule has 0 aliphatic heterocycles. The number of anilines is 1. The molecule has 1 saturated carbocycles. The van der Waals surface area contributed by atoms with Gasteiger partial charge in [-0.2, -0.15) is 5.26 Å². The van der Waals surface area contributed by atoms with E-state index in [-0.39, 0.29) is 11.4 Å². The largest absolute Gasteiger partial charge is 0.383 e. The molecule has 1 fully saturated rings. The van der Waals surface area contributed by atoms with Gasteiger partial charge in [-0.15, -0.1) is 0 Å². The Morgan fingerprint density at radius 2 is 1.80 bits per heavy atom. The van der Waals surface area contributed by atoms with E-state index in [1.807, 2.05) is 48.5 Å². The van der Waals surface area contributed by atoms with Crippen molar-refractivity contribution in [2.24, 2.45) is 10.7 Å². The summed E-state index contributed by atoms with van der Waals surface area (Å²) in [5, 5.41) is 10.8. The first-order chi connectivity index (χ1) is 17.1. The van der Waals surface area contributed by atoms with Crippen molar-refractivity contribution in [1.29, 1.82) is 5.26 Å². The molecule has 0 saturated heterocycles. The van der Waals surface area contributed by atoms with Crippen LogP contribution in [0.1, 0.15) is 50.2 Å². The first-order valence-electron chi connectivity index (χ1n) is 11.8. The third-order valence-corrected chi connectivity index (χ3v) is 6.37. The van der Waals surface area contributed by atoms with Gasteiger partial charge in [0.25, 0.3) is 5.56 Å². The van der Waals surface area contributed by atoms with Crippen molar-refractivity contribution in [2.45, 2.75) is 56.5 Å². The molecule has 4 rings (SSSR count). The van der Waals surface area contributed by atoms with E-state index < -0.39 is 0 Å². The van der Waals surface area contributed by atoms with Crippen molar-refractivity contribution in [3.8, 4) is 6.07 Å². The van der Waals surface area contributed by atoms with Crippen molar-refractivity contribution < 1.29 is 0 Å². The number of nitrogens with one attached hydrogen (secondary N) is 3. The molecule has 0 unspecified atom stereocenters. The number of hydrogen-bond acceptors (Lipinski definition) is 6. The molecule has 5 N–H and O–H groups in total. The molecule has 0 amide bonds. The topological polar surface area (TPSA) is 119 Å². The molecule has 182 valence electrons. The zero-order valence-electron chi connectivity index (χ0n) is 20.0. The maximum absolute atomic E-state index is 12.5. The van der Waals surface area contributed by atoms with Crippen LogP contribution in [0.25, 0.3) is 0 Å². The number of pyridine rings is 1. The second-order valence-corrected chi connectivity index (χ2v) is 9.16. The van der Waals surface area contributed by atoms with Crippen LogP contribution in [0, 0.1) is 11.3 Å². The van der Waals surface area contributed by atoms with Crippen molar-refractivity contribution >= 4 is 29.2 Å². The average Bonchev–Trinajstić information content (AvgIpc) is 2.87. The number of nitriles is 1. The van der Waals surface area contributed by atoms with Crippen LogP contribution >= 0.6 is 11.9 Å². The van der Waals surface area contributed by atoms with Gasteiger partial charge in [-0.05, 0) is 60.7 Å². The summed E-state index contributed by atoms with van der Waals surface area (Å²) >= 11 is 1.57. The summed E-state index contributed by atoms with van der Waals surface area (Å²) in [5.74, 6) is 0.216. The number of aromatic amines is 1. The lowest BCUT2D eigenvalue weighted by Gasteiger charge is -2.24. The van der Waals surface area contributed by atoms with Gasteiger partial charge in [0, 0.05) is 30.6 Å². The number of H-pyrrole nitrogens is 1. The highest BCUT2D eigenvalue weighted by Gasteiger charge is 2.17. The molecule has 7 nitrogen and oxygen atoms in total. The minimum atomic E-state index is -0.232. The Balaban J connectivity index is 0.00000108. The lowest BCUT2D eigenvalue weighted by atomic mass is 9.95. The second-order valence-electron chi connectivity index (χ2n) is 8.20. The summed E-state index contributed by atoms with van der Waals surface area (Å²) in [6.45, 7) is 2.21. The molecule has 0 radical (unpaired) electrons. The predicted octanol–water partition coefficient (Wildman–Crippen LogP) is 5.48. The van der Waals surface area contributed by atoms with Gasteiger partial charge in [0.05, 0.1) is 17.4 Å². The van der Waals surface area contributed by atoms with Crippen LogP contribution in [0.5, 0.6) is 0 Å². The van der Waals surface area contributed by atoms with Gasteiger partial charge in [0.15, 0.2) is 0 Å². The van der Waals surface area contributed by atoms with Gasteiger partial charge in [0.1, 0.15) is 11.4 Å². The third-order valence-electron chi connectivity index (χ3n) is 5.58. The van der Waals surface area contributed by atoms with E-state index in [1.165, 1.54) is 31.7 Å². The summed E-state index contributed by atoms with van der Waals surface area (Å²) in [6.07, 6.45) is 7.58. The van der Waals surface area contributed by atoms with Crippen LogP contribution in [0.3, 0.4) is 0 Å². The highest BCUT2D eigenvalue weighted by molar-refractivity contribution is 7.97. The van der Waals surface area contributed by atoms with Crippen molar-refractivity contribution in [1.82, 2.24) is 9.71 Å². The Hall–Kier alpha value is -3.54. The minimum Gasteiger partial charge on any atom is -0.383 e. The molecule has 1 aliphatic rings. The van der Waals surface area contributed by atoms with E-state index in [0.29, 0.717) is 17.3 Å². The van der Waals surface area contributed by atoms with E-state index in [4.69, 9.17) is 11.0 Å². The molecule has 8 heteroatoms. The van der Waals surface area contributed by atoms with Gasteiger partial charge in [-0.3, -0.25) is 9.52 Å². The Bertz CT molecular complexity index is 1180. The quantitative estimate of drug-likeness (QED) is 0.189. The number of benzene rings is 2. The van der Waals surface area contributed by atoms with Gasteiger partial charge in [-0.1, -0.05) is 49.6 Å². The molecule has 1 aliphatic carbocycles. The molecule has 2 aromatic carbocycles. The standard InChI is InChI=1S/C25H29N5OS.C2H3N/c26-24(23-22(15-16-27-25(23)31)29-19-9-5-2-6-10-19)30-20-11-13-21(14-12-20)32-28-17-18-7-3-1-4-8-18;1-2-3/h1,3-4,7-8,11-16,19,28H,2,5-6,9-10,17H2,(H2,26,30)(H2,27,29,31);1H3. The normalized spacial score (nSPS) is 13.9. The molecule has 1 heterocycles. The lowest BCUT2D eigenvalue weighted by Crippen LogP contribution is -2.29. The van der Waals surface area contributed by atoms with Crippen LogP contribution in [0.15, 0.2) is 81.5 Å². The first-order valence-corrected chi connectivity index (χ1v) is 12.6. The molecule has 0 spiro atoms. The summed E-state index contributed by atoms with van der Waals surface area (Å²) < 4.78 is 3.36. The summed E-state index contributed by atoms with van der Waals surface area (Å²) in [7, 11) is 0. The molecular formula is C27H32N6OS. The van der Waals surface area contributed by atoms with Crippen LogP contribution in [0.4, 0.5) is 11.4 Å². The number of nitrogens with zero attached hydrogens (tertiary/aromatic N) is 2. The number of amidine groups is 1. The molecular weight excluding hydrogens is 456 g/mol. The van der Waals surface area contributed by atoms with Crippen LogP contribution in [-0.4, -0.2) is 16.9 Å². The zero-order valence-corrected chi connectivity index (χ0v) is 20.8. The van der Waals surface area contributed by atoms with Gasteiger partial charge < -0.3 is 16.0 Å². The van der Waals surface area contributed by atoms with Crippen molar-refractivity contribution in [3.05, 3.63) is 88.3 Å².